The molecule has 2 aliphatic rings. The fourth-order valence-electron chi connectivity index (χ4n) is 3.21. The molecule has 2 saturated heterocycles. The Labute approximate surface area is 155 Å². The summed E-state index contributed by atoms with van der Waals surface area (Å²) in [7, 11) is 0. The summed E-state index contributed by atoms with van der Waals surface area (Å²) in [5.41, 5.74) is -0.848. The molecule has 0 aliphatic carbocycles. The molecule has 8 nitrogen and oxygen atoms in total. The first-order valence-corrected chi connectivity index (χ1v) is 8.86. The summed E-state index contributed by atoms with van der Waals surface area (Å²) in [5, 5.41) is 8.83. The quantitative estimate of drug-likeness (QED) is 0.408. The van der Waals surface area contributed by atoms with E-state index in [1.165, 1.54) is 0 Å². The van der Waals surface area contributed by atoms with E-state index in [4.69, 9.17) is 0 Å². The number of hydrogen-bond donors (Lipinski definition) is 3. The van der Waals surface area contributed by atoms with Crippen LogP contribution in [-0.2, 0) is 9.59 Å². The monoisotopic (exact) mass is 375 g/mol. The van der Waals surface area contributed by atoms with E-state index in [9.17, 15) is 14.4 Å². The zero-order valence-corrected chi connectivity index (χ0v) is 15.9. The number of rotatable bonds is 8. The van der Waals surface area contributed by atoms with Gasteiger partial charge in [-0.15, -0.1) is 12.4 Å². The minimum absolute atomic E-state index is 0. The summed E-state index contributed by atoms with van der Waals surface area (Å²) in [6, 6.07) is -0.473. The van der Waals surface area contributed by atoms with E-state index in [1.807, 2.05) is 13.8 Å². The number of hydrogen-bond acceptors (Lipinski definition) is 5. The summed E-state index contributed by atoms with van der Waals surface area (Å²) >= 11 is 0. The standard InChI is InChI=1S/C16H29N5O3.ClH/c1-3-16(4-2)14(23)21(15(24)19-16)12-13(22)18-6-5-9-20-10-7-17-8-11-20;/h17H,3-12H2,1-2H3,(H,18,22)(H,19,24);1H. The van der Waals surface area contributed by atoms with Crippen LogP contribution >= 0.6 is 12.4 Å². The normalized spacial score (nSPS) is 20.2. The Morgan fingerprint density at radius 2 is 1.84 bits per heavy atom. The lowest BCUT2D eigenvalue weighted by atomic mass is 9.93. The van der Waals surface area contributed by atoms with E-state index in [2.05, 4.69) is 20.9 Å². The zero-order valence-electron chi connectivity index (χ0n) is 15.1. The molecule has 2 fully saturated rings. The highest BCUT2D eigenvalue weighted by Crippen LogP contribution is 2.24. The van der Waals surface area contributed by atoms with Crippen molar-refractivity contribution in [2.24, 2.45) is 0 Å². The van der Waals surface area contributed by atoms with Crippen molar-refractivity contribution >= 4 is 30.3 Å². The molecule has 0 aromatic carbocycles. The van der Waals surface area contributed by atoms with Crippen LogP contribution in [0.2, 0.25) is 0 Å². The van der Waals surface area contributed by atoms with Crippen LogP contribution in [0.25, 0.3) is 0 Å². The highest BCUT2D eigenvalue weighted by atomic mass is 35.5. The number of amides is 4. The topological polar surface area (TPSA) is 93.8 Å². The van der Waals surface area contributed by atoms with E-state index in [0.717, 1.165) is 44.0 Å². The number of carbonyl (C=O) groups excluding carboxylic acids is 3. The second kappa shape index (κ2) is 9.94. The van der Waals surface area contributed by atoms with Crippen molar-refractivity contribution in [3.8, 4) is 0 Å². The predicted octanol–water partition coefficient (Wildman–Crippen LogP) is -0.0697. The molecule has 0 aromatic rings. The molecule has 3 N–H and O–H groups in total. The molecule has 144 valence electrons. The Balaban J connectivity index is 0.00000312. The minimum atomic E-state index is -0.848. The second-order valence-electron chi connectivity index (χ2n) is 6.41. The molecule has 0 bridgehead atoms. The van der Waals surface area contributed by atoms with Crippen LogP contribution in [-0.4, -0.2) is 79.0 Å². The first kappa shape index (κ1) is 21.7. The summed E-state index contributed by atoms with van der Waals surface area (Å²) < 4.78 is 0. The lowest BCUT2D eigenvalue weighted by Gasteiger charge is -2.27. The van der Waals surface area contributed by atoms with Crippen LogP contribution in [0.15, 0.2) is 0 Å². The van der Waals surface area contributed by atoms with Crippen LogP contribution in [0.1, 0.15) is 33.1 Å². The molecule has 0 aromatic heterocycles. The summed E-state index contributed by atoms with van der Waals surface area (Å²) in [6.07, 6.45) is 1.91. The van der Waals surface area contributed by atoms with Crippen molar-refractivity contribution in [2.45, 2.75) is 38.6 Å². The third kappa shape index (κ3) is 5.29. The Morgan fingerprint density at radius 3 is 2.40 bits per heavy atom. The molecule has 0 atom stereocenters. The highest BCUT2D eigenvalue weighted by molar-refractivity contribution is 6.08. The zero-order chi connectivity index (χ0) is 17.6. The second-order valence-corrected chi connectivity index (χ2v) is 6.41. The number of carbonyl (C=O) groups is 3. The lowest BCUT2D eigenvalue weighted by Crippen LogP contribution is -2.47. The van der Waals surface area contributed by atoms with Crippen LogP contribution < -0.4 is 16.0 Å². The van der Waals surface area contributed by atoms with Gasteiger partial charge in [0.05, 0.1) is 0 Å². The van der Waals surface area contributed by atoms with Gasteiger partial charge in [-0.3, -0.25) is 14.5 Å². The maximum absolute atomic E-state index is 12.4. The van der Waals surface area contributed by atoms with Crippen molar-refractivity contribution in [3.63, 3.8) is 0 Å². The first-order valence-electron chi connectivity index (χ1n) is 8.86. The lowest BCUT2D eigenvalue weighted by molar-refractivity contribution is -0.135. The van der Waals surface area contributed by atoms with Gasteiger partial charge < -0.3 is 20.9 Å². The Morgan fingerprint density at radius 1 is 1.20 bits per heavy atom. The molecule has 0 unspecified atom stereocenters. The van der Waals surface area contributed by atoms with Crippen molar-refractivity contribution in [1.29, 1.82) is 0 Å². The van der Waals surface area contributed by atoms with Crippen LogP contribution in [0.4, 0.5) is 4.79 Å². The average Bonchev–Trinajstić information content (AvgIpc) is 2.84. The van der Waals surface area contributed by atoms with Gasteiger partial charge in [-0.1, -0.05) is 13.8 Å². The molecule has 2 heterocycles. The van der Waals surface area contributed by atoms with Gasteiger partial charge in [-0.05, 0) is 25.8 Å². The predicted molar refractivity (Wildman–Crippen MR) is 97.7 cm³/mol. The molecule has 0 radical (unpaired) electrons. The average molecular weight is 376 g/mol. The van der Waals surface area contributed by atoms with Crippen molar-refractivity contribution in [2.75, 3.05) is 45.8 Å². The van der Waals surface area contributed by atoms with Gasteiger partial charge in [0.1, 0.15) is 12.1 Å². The Hall–Kier alpha value is -1.38. The Kier molecular flexibility index (Phi) is 8.61. The molecule has 0 spiro atoms. The number of urea groups is 1. The number of halogens is 1. The van der Waals surface area contributed by atoms with Crippen molar-refractivity contribution in [1.82, 2.24) is 25.8 Å². The molecular formula is C16H30ClN5O3. The smallest absolute Gasteiger partial charge is 0.325 e. The fraction of sp³-hybridized carbons (Fsp3) is 0.812. The van der Waals surface area contributed by atoms with Crippen molar-refractivity contribution < 1.29 is 14.4 Å². The van der Waals surface area contributed by atoms with Crippen LogP contribution in [0, 0.1) is 0 Å². The number of imide groups is 1. The van der Waals surface area contributed by atoms with Crippen LogP contribution in [0.5, 0.6) is 0 Å². The van der Waals surface area contributed by atoms with Gasteiger partial charge in [-0.25, -0.2) is 4.79 Å². The maximum Gasteiger partial charge on any atom is 0.325 e. The highest BCUT2D eigenvalue weighted by Gasteiger charge is 2.49. The largest absolute Gasteiger partial charge is 0.354 e. The number of piperazine rings is 1. The third-order valence-corrected chi connectivity index (χ3v) is 4.94. The van der Waals surface area contributed by atoms with Crippen molar-refractivity contribution in [3.05, 3.63) is 0 Å². The Bertz CT molecular complexity index is 478. The van der Waals surface area contributed by atoms with Gasteiger partial charge in [-0.2, -0.15) is 0 Å². The first-order chi connectivity index (χ1) is 11.5. The van der Waals surface area contributed by atoms with Gasteiger partial charge in [0.15, 0.2) is 0 Å². The van der Waals surface area contributed by atoms with Gasteiger partial charge in [0, 0.05) is 32.7 Å². The third-order valence-electron chi connectivity index (χ3n) is 4.94. The van der Waals surface area contributed by atoms with Gasteiger partial charge in [0.2, 0.25) is 5.91 Å². The summed E-state index contributed by atoms with van der Waals surface area (Å²) in [6.45, 7) is 9.10. The van der Waals surface area contributed by atoms with Gasteiger partial charge >= 0.3 is 6.03 Å². The molecule has 9 heteroatoms. The minimum Gasteiger partial charge on any atom is -0.354 e. The summed E-state index contributed by atoms with van der Waals surface area (Å²) in [5.74, 6) is -0.588. The SMILES string of the molecule is CCC1(CC)NC(=O)N(CC(=O)NCCCN2CCNCC2)C1=O.Cl. The fourth-order valence-corrected chi connectivity index (χ4v) is 3.21. The van der Waals surface area contributed by atoms with Crippen LogP contribution in [0.3, 0.4) is 0 Å². The maximum atomic E-state index is 12.4. The molecule has 25 heavy (non-hydrogen) atoms. The van der Waals surface area contributed by atoms with E-state index in [-0.39, 0.29) is 30.8 Å². The molecule has 4 amide bonds. The number of nitrogens with zero attached hydrogens (tertiary/aromatic N) is 2. The molecule has 2 rings (SSSR count). The van der Waals surface area contributed by atoms with E-state index < -0.39 is 11.6 Å². The van der Waals surface area contributed by atoms with E-state index >= 15 is 0 Å². The number of nitrogens with one attached hydrogen (secondary N) is 3. The van der Waals surface area contributed by atoms with Gasteiger partial charge in [0.25, 0.3) is 5.91 Å². The molecular weight excluding hydrogens is 346 g/mol. The van der Waals surface area contributed by atoms with E-state index in [0.29, 0.717) is 19.4 Å². The van der Waals surface area contributed by atoms with E-state index in [1.54, 1.807) is 0 Å². The molecule has 2 aliphatic heterocycles. The summed E-state index contributed by atoms with van der Waals surface area (Å²) in [4.78, 5) is 39.8. The molecule has 0 saturated carbocycles.